The third-order valence-corrected chi connectivity index (χ3v) is 11.3. The molecule has 0 N–H and O–H groups in total. The van der Waals surface area contributed by atoms with Gasteiger partial charge in [0, 0.05) is 0 Å². The number of benzene rings is 5. The van der Waals surface area contributed by atoms with E-state index >= 15 is 0 Å². The number of rotatable bonds is 12. The Morgan fingerprint density at radius 2 is 0.948 bits per heavy atom. The van der Waals surface area contributed by atoms with E-state index in [4.69, 9.17) is 47.4 Å². The van der Waals surface area contributed by atoms with E-state index in [2.05, 4.69) is 12.1 Å². The van der Waals surface area contributed by atoms with Crippen LogP contribution in [0.3, 0.4) is 0 Å². The third kappa shape index (κ3) is 8.83. The maximum absolute atomic E-state index is 6.96. The van der Waals surface area contributed by atoms with Gasteiger partial charge in [0.25, 0.3) is 0 Å². The van der Waals surface area contributed by atoms with Crippen LogP contribution in [0.2, 0.25) is 0 Å². The molecule has 10 nitrogen and oxygen atoms in total. The average molecular weight is 787 g/mol. The second-order valence-electron chi connectivity index (χ2n) is 15.3. The number of fused-ring (bicyclic) bond motifs is 5. The molecule has 0 amide bonds. The fourth-order valence-electron chi connectivity index (χ4n) is 8.17. The summed E-state index contributed by atoms with van der Waals surface area (Å²) in [7, 11) is 0. The molecule has 10 rings (SSSR count). The summed E-state index contributed by atoms with van der Waals surface area (Å²) < 4.78 is 68.0. The van der Waals surface area contributed by atoms with Crippen molar-refractivity contribution in [2.24, 2.45) is 0 Å². The molecule has 3 saturated heterocycles. The molecule has 10 heteroatoms. The molecule has 5 heterocycles. The van der Waals surface area contributed by atoms with E-state index < -0.39 is 48.2 Å². The van der Waals surface area contributed by atoms with E-state index in [0.717, 1.165) is 33.4 Å². The Bertz CT molecular complexity index is 2010. The first-order valence-corrected chi connectivity index (χ1v) is 20.1. The van der Waals surface area contributed by atoms with Crippen molar-refractivity contribution >= 4 is 0 Å². The summed E-state index contributed by atoms with van der Waals surface area (Å²) in [6.07, 6.45) is -3.63. The maximum atomic E-state index is 6.96. The molecule has 3 fully saturated rings. The molecule has 5 aliphatic heterocycles. The predicted molar refractivity (Wildman–Crippen MR) is 213 cm³/mol. The first-order valence-electron chi connectivity index (χ1n) is 20.1. The lowest BCUT2D eigenvalue weighted by Gasteiger charge is -2.53. The molecular weight excluding hydrogens is 737 g/mol. The van der Waals surface area contributed by atoms with Gasteiger partial charge in [-0.05, 0) is 33.4 Å². The van der Waals surface area contributed by atoms with Crippen molar-refractivity contribution in [3.05, 3.63) is 179 Å². The molecule has 0 saturated carbocycles. The van der Waals surface area contributed by atoms with Crippen molar-refractivity contribution in [2.75, 3.05) is 26.4 Å². The lowest BCUT2D eigenvalue weighted by molar-refractivity contribution is -0.439. The molecule has 0 aromatic heterocycles. The molecule has 0 aliphatic carbocycles. The average Bonchev–Trinajstić information content (AvgIpc) is 3.56. The molecule has 5 aromatic carbocycles. The molecule has 58 heavy (non-hydrogen) atoms. The van der Waals surface area contributed by atoms with E-state index in [1.54, 1.807) is 0 Å². The molecule has 8 atom stereocenters. The minimum Gasteiger partial charge on any atom is -0.374 e. The van der Waals surface area contributed by atoms with Gasteiger partial charge in [-0.15, -0.1) is 0 Å². The van der Waals surface area contributed by atoms with E-state index in [1.165, 1.54) is 0 Å². The van der Waals surface area contributed by atoms with Crippen LogP contribution in [-0.2, 0) is 87.0 Å². The van der Waals surface area contributed by atoms with E-state index in [9.17, 15) is 0 Å². The summed E-state index contributed by atoms with van der Waals surface area (Å²) in [6, 6.07) is 48.4. The minimum absolute atomic E-state index is 0.0223. The fourth-order valence-corrected chi connectivity index (χ4v) is 8.17. The Morgan fingerprint density at radius 3 is 1.52 bits per heavy atom. The Hall–Kier alpha value is -4.30. The van der Waals surface area contributed by atoms with Crippen LogP contribution in [0.1, 0.15) is 33.4 Å². The summed E-state index contributed by atoms with van der Waals surface area (Å²) in [6.45, 7) is 2.35. The van der Waals surface area contributed by atoms with Gasteiger partial charge >= 0.3 is 0 Å². The van der Waals surface area contributed by atoms with E-state index in [-0.39, 0.29) is 33.0 Å². The van der Waals surface area contributed by atoms with Crippen LogP contribution in [0.25, 0.3) is 0 Å². The molecule has 5 aromatic rings. The van der Waals surface area contributed by atoms with Crippen molar-refractivity contribution in [3.63, 3.8) is 0 Å². The zero-order valence-electron chi connectivity index (χ0n) is 32.5. The highest BCUT2D eigenvalue weighted by Gasteiger charge is 2.65. The zero-order valence-corrected chi connectivity index (χ0v) is 32.5. The number of ether oxygens (including phenoxy) is 10. The highest BCUT2D eigenvalue weighted by atomic mass is 16.8. The van der Waals surface area contributed by atoms with Gasteiger partial charge in [0.05, 0.1) is 52.9 Å². The quantitative estimate of drug-likeness (QED) is 0.128. The zero-order chi connectivity index (χ0) is 39.0. The van der Waals surface area contributed by atoms with Crippen LogP contribution in [0.15, 0.2) is 146 Å². The van der Waals surface area contributed by atoms with Crippen LogP contribution in [-0.4, -0.2) is 74.6 Å². The highest BCUT2D eigenvalue weighted by molar-refractivity contribution is 5.26. The Morgan fingerprint density at radius 1 is 0.466 bits per heavy atom. The van der Waals surface area contributed by atoms with Crippen molar-refractivity contribution < 1.29 is 47.4 Å². The van der Waals surface area contributed by atoms with Crippen molar-refractivity contribution in [1.82, 2.24) is 0 Å². The first kappa shape index (κ1) is 39.2. The Kier molecular flexibility index (Phi) is 12.4. The SMILES string of the molecule is c1ccc(COC2CO[C@@]34CO[C@@]5(CO3)O[C@H](COCc3ccccc3CO[C@H]4C2OCc2ccccc2)[C@@H](OCc2ccccc2)[C@@H]5OCc2ccccc2)cc1. The standard InChI is InChI=1S/C48H50O10/c1-5-15-35(16-6-1)25-50-41-32-55-47-33-57-48(34-56-47)46(53-28-38-21-11-4-12-22-38)44(52-27-37-19-9-3-10-20-37)42(58-48)31-49-29-39-23-13-14-24-40(39)30-54-45(47)43(41)51-26-36-17-7-2-8-18-36/h1-24,41-46H,25-34H2/t41?,42-,43?,44-,45+,46+,47+,48+/m1/s1. The molecule has 2 unspecified atom stereocenters. The molecule has 302 valence electrons. The van der Waals surface area contributed by atoms with Gasteiger partial charge in [0.15, 0.2) is 0 Å². The van der Waals surface area contributed by atoms with E-state index in [1.807, 2.05) is 133 Å². The van der Waals surface area contributed by atoms with Crippen molar-refractivity contribution in [2.45, 2.75) is 87.8 Å². The largest absolute Gasteiger partial charge is 0.374 e. The van der Waals surface area contributed by atoms with Gasteiger partial charge in [-0.25, -0.2) is 0 Å². The maximum Gasteiger partial charge on any atom is 0.222 e. The second kappa shape index (κ2) is 18.3. The Labute approximate surface area is 339 Å². The summed E-state index contributed by atoms with van der Waals surface area (Å²) >= 11 is 0. The van der Waals surface area contributed by atoms with Crippen molar-refractivity contribution in [3.8, 4) is 0 Å². The third-order valence-electron chi connectivity index (χ3n) is 11.3. The number of hydrogen-bond donors (Lipinski definition) is 0. The topological polar surface area (TPSA) is 92.3 Å². The molecular formula is C48H50O10. The lowest BCUT2D eigenvalue weighted by Crippen LogP contribution is -2.70. The van der Waals surface area contributed by atoms with E-state index in [0.29, 0.717) is 33.0 Å². The van der Waals surface area contributed by atoms with Crippen LogP contribution >= 0.6 is 0 Å². The van der Waals surface area contributed by atoms with Crippen molar-refractivity contribution in [1.29, 1.82) is 0 Å². The number of hydrogen-bond acceptors (Lipinski definition) is 10. The normalized spacial score (nSPS) is 29.6. The van der Waals surface area contributed by atoms with Crippen LogP contribution in [0.4, 0.5) is 0 Å². The smallest absolute Gasteiger partial charge is 0.222 e. The summed E-state index contributed by atoms with van der Waals surface area (Å²) in [5, 5.41) is 0. The molecule has 3 bridgehead atoms. The lowest BCUT2D eigenvalue weighted by atomic mass is 9.94. The predicted octanol–water partition coefficient (Wildman–Crippen LogP) is 7.31. The second-order valence-corrected chi connectivity index (χ2v) is 15.3. The molecule has 2 spiro atoms. The summed E-state index contributed by atoms with van der Waals surface area (Å²) in [4.78, 5) is 0. The van der Waals surface area contributed by atoms with Crippen LogP contribution in [0.5, 0.6) is 0 Å². The Balaban J connectivity index is 1.06. The van der Waals surface area contributed by atoms with Crippen LogP contribution in [0, 0.1) is 0 Å². The van der Waals surface area contributed by atoms with Crippen LogP contribution < -0.4 is 0 Å². The first-order chi connectivity index (χ1) is 28.7. The molecule has 5 aliphatic rings. The monoisotopic (exact) mass is 786 g/mol. The van der Waals surface area contributed by atoms with Gasteiger partial charge < -0.3 is 47.4 Å². The van der Waals surface area contributed by atoms with Gasteiger partial charge in [-0.2, -0.15) is 0 Å². The summed E-state index contributed by atoms with van der Waals surface area (Å²) in [5.74, 6) is -2.70. The fraction of sp³-hybridized carbons (Fsp3) is 0.375. The minimum atomic E-state index is -1.36. The van der Waals surface area contributed by atoms with Gasteiger partial charge in [-0.3, -0.25) is 0 Å². The van der Waals surface area contributed by atoms with Gasteiger partial charge in [-0.1, -0.05) is 146 Å². The molecule has 0 radical (unpaired) electrons. The van der Waals surface area contributed by atoms with Gasteiger partial charge in [0.2, 0.25) is 11.6 Å². The highest BCUT2D eigenvalue weighted by Crippen LogP contribution is 2.45. The summed E-state index contributed by atoms with van der Waals surface area (Å²) in [5.41, 5.74) is 6.09. The van der Waals surface area contributed by atoms with Gasteiger partial charge in [0.1, 0.15) is 49.8 Å².